The fourth-order valence-electron chi connectivity index (χ4n) is 1.20. The molecule has 4 heteroatoms. The van der Waals surface area contributed by atoms with Gasteiger partial charge in [0.25, 0.3) is 0 Å². The molecule has 1 aliphatic heterocycles. The number of esters is 1. The number of carbonyl (C=O) groups is 2. The summed E-state index contributed by atoms with van der Waals surface area (Å²) in [6.07, 6.45) is -0.979. The van der Waals surface area contributed by atoms with Gasteiger partial charge in [0.2, 0.25) is 6.10 Å². The predicted octanol–water partition coefficient (Wildman–Crippen LogP) is 0.659. The number of carboxylic acid groups (broad SMARTS) is 1. The van der Waals surface area contributed by atoms with Gasteiger partial charge in [-0.05, 0) is 13.8 Å². The van der Waals surface area contributed by atoms with Crippen LogP contribution in [0.2, 0.25) is 0 Å². The molecule has 0 radical (unpaired) electrons. The third-order valence-corrected chi connectivity index (χ3v) is 2.60. The number of hydrogen-bond acceptors (Lipinski definition) is 3. The molecule has 68 valence electrons. The van der Waals surface area contributed by atoms with Crippen LogP contribution in [-0.4, -0.2) is 23.1 Å². The monoisotopic (exact) mass is 172 g/mol. The van der Waals surface area contributed by atoms with Crippen molar-refractivity contribution in [2.24, 2.45) is 11.3 Å². The van der Waals surface area contributed by atoms with Gasteiger partial charge in [0.05, 0.1) is 5.41 Å². The number of ether oxygens (including phenoxy) is 1. The molecule has 2 atom stereocenters. The number of hydrogen-bond donors (Lipinski definition) is 1. The highest BCUT2D eigenvalue weighted by atomic mass is 16.6. The molecule has 0 aromatic rings. The Morgan fingerprint density at radius 2 is 2.08 bits per heavy atom. The van der Waals surface area contributed by atoms with Gasteiger partial charge in [0.15, 0.2) is 0 Å². The third kappa shape index (κ3) is 1.07. The molecule has 2 unspecified atom stereocenters. The molecule has 0 amide bonds. The summed E-state index contributed by atoms with van der Waals surface area (Å²) < 4.78 is 4.71. The minimum Gasteiger partial charge on any atom is -0.478 e. The highest BCUT2D eigenvalue weighted by molar-refractivity contribution is 5.86. The predicted molar refractivity (Wildman–Crippen MR) is 40.5 cm³/mol. The van der Waals surface area contributed by atoms with E-state index in [1.165, 1.54) is 0 Å². The zero-order valence-corrected chi connectivity index (χ0v) is 7.33. The average molecular weight is 172 g/mol. The van der Waals surface area contributed by atoms with E-state index in [1.807, 2.05) is 0 Å². The van der Waals surface area contributed by atoms with Crippen molar-refractivity contribution in [3.8, 4) is 0 Å². The number of rotatable bonds is 1. The molecule has 0 aromatic heterocycles. The van der Waals surface area contributed by atoms with Crippen molar-refractivity contribution in [1.29, 1.82) is 0 Å². The van der Waals surface area contributed by atoms with Gasteiger partial charge in [-0.15, -0.1) is 0 Å². The van der Waals surface area contributed by atoms with Crippen LogP contribution in [-0.2, 0) is 14.3 Å². The Morgan fingerprint density at radius 1 is 1.58 bits per heavy atom. The van der Waals surface area contributed by atoms with Crippen LogP contribution in [0.5, 0.6) is 0 Å². The van der Waals surface area contributed by atoms with Crippen LogP contribution in [0.15, 0.2) is 0 Å². The lowest BCUT2D eigenvalue weighted by atomic mass is 9.80. The van der Waals surface area contributed by atoms with Crippen LogP contribution in [0.4, 0.5) is 0 Å². The van der Waals surface area contributed by atoms with Crippen LogP contribution in [0.3, 0.4) is 0 Å². The molecule has 1 N–H and O–H groups in total. The van der Waals surface area contributed by atoms with Gasteiger partial charge in [0, 0.05) is 5.92 Å². The molecule has 0 aliphatic carbocycles. The maximum atomic E-state index is 11.1. The first-order valence-corrected chi connectivity index (χ1v) is 3.81. The standard InChI is InChI=1S/C8H12O4/c1-4-5(6(9)10)12-7(11)8(4,2)3/h4-5H,1-3H3,(H,9,10). The maximum Gasteiger partial charge on any atom is 0.345 e. The summed E-state index contributed by atoms with van der Waals surface area (Å²) in [5, 5.41) is 8.66. The molecule has 1 rings (SSSR count). The van der Waals surface area contributed by atoms with E-state index in [4.69, 9.17) is 9.84 Å². The highest BCUT2D eigenvalue weighted by Crippen LogP contribution is 2.38. The zero-order valence-electron chi connectivity index (χ0n) is 7.33. The lowest BCUT2D eigenvalue weighted by Crippen LogP contribution is -2.30. The highest BCUT2D eigenvalue weighted by Gasteiger charge is 2.51. The first-order chi connectivity index (χ1) is 5.37. The third-order valence-electron chi connectivity index (χ3n) is 2.60. The van der Waals surface area contributed by atoms with Crippen LogP contribution in [0, 0.1) is 11.3 Å². The van der Waals surface area contributed by atoms with Gasteiger partial charge >= 0.3 is 11.9 Å². The Bertz CT molecular complexity index is 231. The van der Waals surface area contributed by atoms with Crippen LogP contribution < -0.4 is 0 Å². The van der Waals surface area contributed by atoms with Gasteiger partial charge in [-0.25, -0.2) is 4.79 Å². The second-order valence-electron chi connectivity index (χ2n) is 3.67. The van der Waals surface area contributed by atoms with Crippen LogP contribution >= 0.6 is 0 Å². The SMILES string of the molecule is CC1C(C(=O)O)OC(=O)C1(C)C. The number of cyclic esters (lactones) is 1. The fourth-order valence-corrected chi connectivity index (χ4v) is 1.20. The molecule has 1 heterocycles. The number of aliphatic carboxylic acids is 1. The van der Waals surface area contributed by atoms with Gasteiger partial charge in [-0.3, -0.25) is 4.79 Å². The molecule has 1 saturated heterocycles. The van der Waals surface area contributed by atoms with E-state index >= 15 is 0 Å². The normalized spacial score (nSPS) is 33.1. The van der Waals surface area contributed by atoms with Crippen LogP contribution in [0.1, 0.15) is 20.8 Å². The second kappa shape index (κ2) is 2.47. The zero-order chi connectivity index (χ0) is 9.52. The van der Waals surface area contributed by atoms with Crippen molar-refractivity contribution >= 4 is 11.9 Å². The molecule has 1 aliphatic rings. The fraction of sp³-hybridized carbons (Fsp3) is 0.750. The van der Waals surface area contributed by atoms with Gasteiger partial charge in [-0.2, -0.15) is 0 Å². The van der Waals surface area contributed by atoms with Crippen molar-refractivity contribution < 1.29 is 19.4 Å². The Hall–Kier alpha value is -1.06. The summed E-state index contributed by atoms with van der Waals surface area (Å²) in [6.45, 7) is 5.11. The minimum atomic E-state index is -1.07. The molecule has 0 bridgehead atoms. The van der Waals surface area contributed by atoms with E-state index in [9.17, 15) is 9.59 Å². The Morgan fingerprint density at radius 3 is 2.25 bits per heavy atom. The van der Waals surface area contributed by atoms with Crippen molar-refractivity contribution in [2.45, 2.75) is 26.9 Å². The van der Waals surface area contributed by atoms with Gasteiger partial charge < -0.3 is 9.84 Å². The first-order valence-electron chi connectivity index (χ1n) is 3.81. The summed E-state index contributed by atoms with van der Waals surface area (Å²) in [5.41, 5.74) is -0.678. The Balaban J connectivity index is 2.90. The molecule has 0 saturated carbocycles. The molecule has 1 fully saturated rings. The van der Waals surface area contributed by atoms with E-state index in [2.05, 4.69) is 0 Å². The van der Waals surface area contributed by atoms with Crippen molar-refractivity contribution in [2.75, 3.05) is 0 Å². The largest absolute Gasteiger partial charge is 0.478 e. The molecular weight excluding hydrogens is 160 g/mol. The molecular formula is C8H12O4. The summed E-state index contributed by atoms with van der Waals surface area (Å²) in [7, 11) is 0. The smallest absolute Gasteiger partial charge is 0.345 e. The van der Waals surface area contributed by atoms with Crippen molar-refractivity contribution in [3.05, 3.63) is 0 Å². The summed E-state index contributed by atoms with van der Waals surface area (Å²) in [6, 6.07) is 0. The van der Waals surface area contributed by atoms with Gasteiger partial charge in [0.1, 0.15) is 0 Å². The van der Waals surface area contributed by atoms with E-state index in [0.717, 1.165) is 0 Å². The van der Waals surface area contributed by atoms with E-state index < -0.39 is 23.5 Å². The van der Waals surface area contributed by atoms with E-state index in [1.54, 1.807) is 20.8 Å². The van der Waals surface area contributed by atoms with E-state index in [0.29, 0.717) is 0 Å². The number of carbonyl (C=O) groups excluding carboxylic acids is 1. The van der Waals surface area contributed by atoms with Gasteiger partial charge in [-0.1, -0.05) is 6.92 Å². The number of carboxylic acids is 1. The maximum absolute atomic E-state index is 11.1. The Labute approximate surface area is 70.5 Å². The quantitative estimate of drug-likeness (QED) is 0.590. The Kier molecular flexibility index (Phi) is 1.86. The summed E-state index contributed by atoms with van der Waals surface area (Å²) in [4.78, 5) is 21.7. The molecule has 0 aromatic carbocycles. The first kappa shape index (κ1) is 9.03. The molecule has 12 heavy (non-hydrogen) atoms. The molecule has 0 spiro atoms. The van der Waals surface area contributed by atoms with Crippen LogP contribution in [0.25, 0.3) is 0 Å². The topological polar surface area (TPSA) is 63.6 Å². The van der Waals surface area contributed by atoms with Crippen molar-refractivity contribution in [3.63, 3.8) is 0 Å². The summed E-state index contributed by atoms with van der Waals surface area (Å²) in [5.74, 6) is -1.77. The lowest BCUT2D eigenvalue weighted by molar-refractivity contribution is -0.159. The van der Waals surface area contributed by atoms with Crippen molar-refractivity contribution in [1.82, 2.24) is 0 Å². The average Bonchev–Trinajstić information content (AvgIpc) is 2.13. The summed E-state index contributed by atoms with van der Waals surface area (Å²) >= 11 is 0. The second-order valence-corrected chi connectivity index (χ2v) is 3.67. The molecule has 4 nitrogen and oxygen atoms in total. The van der Waals surface area contributed by atoms with E-state index in [-0.39, 0.29) is 5.92 Å². The minimum absolute atomic E-state index is 0.275. The lowest BCUT2D eigenvalue weighted by Gasteiger charge is -2.18.